The molecule has 278 valence electrons. The van der Waals surface area contributed by atoms with E-state index in [1.807, 2.05) is 13.8 Å². The Kier molecular flexibility index (Phi) is 24.8. The van der Waals surface area contributed by atoms with E-state index in [1.165, 1.54) is 29.7 Å². The highest BCUT2D eigenvalue weighted by molar-refractivity contribution is 5.81. The molecule has 2 aromatic carbocycles. The number of para-hydroxylation sites is 1. The highest BCUT2D eigenvalue weighted by Crippen LogP contribution is 2.32. The van der Waals surface area contributed by atoms with Crippen molar-refractivity contribution in [3.8, 4) is 5.75 Å². The van der Waals surface area contributed by atoms with Crippen molar-refractivity contribution in [3.63, 3.8) is 0 Å². The minimum atomic E-state index is -0.563. The largest absolute Gasteiger partial charge is 0.489 e. The molecule has 8 nitrogen and oxygen atoms in total. The molecule has 1 heterocycles. The standard InChI is InChI=1S/C21H32N2O3.C7H7F.C7H15NO2.C5H12/c1-4-15(2)20(16(3)25)23-13-19-11-10-18-8-5-7-17(21(18)26-19)9-6-12-22-14-24;1-6-2-4-7(8)5-3-6;1-4-8-7(10)5(2)6(3)9;1-4-5(2)3/h5,7-8,14-15,19-20,23H,4,6,9-13H2,1-3H3,(H,22,24);2-5H,1H3;5-6,9H,4H2,1-3H3,(H,8,10);5H,4H2,1-3H3. The van der Waals surface area contributed by atoms with Crippen LogP contribution in [0.4, 0.5) is 4.39 Å². The molecule has 0 fully saturated rings. The predicted octanol–water partition coefficient (Wildman–Crippen LogP) is 6.98. The zero-order valence-electron chi connectivity index (χ0n) is 31.9. The number of Topliss-reactive ketones (excluding diaryl/α,β-unsaturated/α-hetero) is 1. The molecule has 5 unspecified atom stereocenters. The van der Waals surface area contributed by atoms with Crippen LogP contribution in [-0.2, 0) is 27.2 Å². The number of rotatable bonds is 15. The average molecular weight is 688 g/mol. The van der Waals surface area contributed by atoms with E-state index in [2.05, 4.69) is 68.8 Å². The first-order valence-corrected chi connectivity index (χ1v) is 18.1. The van der Waals surface area contributed by atoms with Gasteiger partial charge in [-0.05, 0) is 88.5 Å². The zero-order chi connectivity index (χ0) is 37.4. The molecule has 0 radical (unpaired) electrons. The fourth-order valence-corrected chi connectivity index (χ4v) is 4.64. The Morgan fingerprint density at radius 1 is 1.02 bits per heavy atom. The smallest absolute Gasteiger partial charge is 0.225 e. The zero-order valence-corrected chi connectivity index (χ0v) is 31.9. The highest BCUT2D eigenvalue weighted by Gasteiger charge is 2.25. The maximum atomic E-state index is 12.1. The molecular formula is C40H66FN3O5. The number of benzene rings is 2. The summed E-state index contributed by atoms with van der Waals surface area (Å²) in [6.07, 6.45) is 6.27. The van der Waals surface area contributed by atoms with Crippen molar-refractivity contribution in [1.29, 1.82) is 0 Å². The van der Waals surface area contributed by atoms with Gasteiger partial charge in [-0.25, -0.2) is 4.39 Å². The number of nitrogens with one attached hydrogen (secondary N) is 3. The molecule has 0 bridgehead atoms. The summed E-state index contributed by atoms with van der Waals surface area (Å²) in [5, 5.41) is 17.7. The Hall–Kier alpha value is -3.30. The first-order valence-electron chi connectivity index (χ1n) is 18.1. The van der Waals surface area contributed by atoms with Crippen LogP contribution in [0.3, 0.4) is 0 Å². The van der Waals surface area contributed by atoms with Gasteiger partial charge in [-0.1, -0.05) is 90.3 Å². The lowest BCUT2D eigenvalue weighted by Gasteiger charge is -2.30. The molecule has 9 heteroatoms. The number of aliphatic hydroxyl groups is 1. The first-order chi connectivity index (χ1) is 23.2. The summed E-state index contributed by atoms with van der Waals surface area (Å²) in [7, 11) is 0. The number of ether oxygens (including phenoxy) is 1. The van der Waals surface area contributed by atoms with E-state index < -0.39 is 6.10 Å². The van der Waals surface area contributed by atoms with Crippen molar-refractivity contribution in [2.24, 2.45) is 17.8 Å². The molecule has 2 amide bonds. The molecule has 4 N–H and O–H groups in total. The van der Waals surface area contributed by atoms with Gasteiger partial charge in [0.15, 0.2) is 0 Å². The first kappa shape index (κ1) is 45.7. The molecule has 49 heavy (non-hydrogen) atoms. The molecule has 0 aromatic heterocycles. The fourth-order valence-electron chi connectivity index (χ4n) is 4.64. The number of aryl methyl sites for hydroxylation is 3. The highest BCUT2D eigenvalue weighted by atomic mass is 19.1. The third-order valence-electron chi connectivity index (χ3n) is 8.58. The summed E-state index contributed by atoms with van der Waals surface area (Å²) in [6.45, 7) is 21.6. The van der Waals surface area contributed by atoms with Gasteiger partial charge in [0.2, 0.25) is 12.3 Å². The van der Waals surface area contributed by atoms with Gasteiger partial charge < -0.3 is 25.8 Å². The van der Waals surface area contributed by atoms with Crippen LogP contribution in [0, 0.1) is 30.5 Å². The topological polar surface area (TPSA) is 117 Å². The van der Waals surface area contributed by atoms with Crippen molar-refractivity contribution < 1.29 is 28.6 Å². The van der Waals surface area contributed by atoms with Crippen LogP contribution in [0.1, 0.15) is 105 Å². The predicted molar refractivity (Wildman–Crippen MR) is 199 cm³/mol. The van der Waals surface area contributed by atoms with Crippen LogP contribution in [0.2, 0.25) is 0 Å². The number of carbonyl (C=O) groups excluding carboxylic acids is 3. The summed E-state index contributed by atoms with van der Waals surface area (Å²) in [5.74, 6) is 1.84. The van der Waals surface area contributed by atoms with Crippen LogP contribution in [0.15, 0.2) is 42.5 Å². The van der Waals surface area contributed by atoms with E-state index in [0.717, 1.165) is 55.7 Å². The van der Waals surface area contributed by atoms with E-state index in [-0.39, 0.29) is 35.6 Å². The monoisotopic (exact) mass is 687 g/mol. The molecular weight excluding hydrogens is 621 g/mol. The van der Waals surface area contributed by atoms with Crippen LogP contribution in [0.5, 0.6) is 5.75 Å². The Balaban J connectivity index is 0.000000812. The summed E-state index contributed by atoms with van der Waals surface area (Å²) in [4.78, 5) is 33.2. The molecule has 1 aliphatic heterocycles. The van der Waals surface area contributed by atoms with Crippen molar-refractivity contribution in [1.82, 2.24) is 16.0 Å². The Labute approximate surface area is 296 Å². The minimum Gasteiger partial charge on any atom is -0.489 e. The third-order valence-corrected chi connectivity index (χ3v) is 8.58. The summed E-state index contributed by atoms with van der Waals surface area (Å²) in [5.41, 5.74) is 3.54. The lowest BCUT2D eigenvalue weighted by Crippen LogP contribution is -2.46. The summed E-state index contributed by atoms with van der Waals surface area (Å²) in [6, 6.07) is 12.6. The van der Waals surface area contributed by atoms with Gasteiger partial charge in [0.05, 0.1) is 18.1 Å². The number of fused-ring (bicyclic) bond motifs is 1. The lowest BCUT2D eigenvalue weighted by atomic mass is 9.94. The van der Waals surface area contributed by atoms with Gasteiger partial charge in [0.1, 0.15) is 23.5 Å². The number of aliphatic hydroxyl groups excluding tert-OH is 1. The van der Waals surface area contributed by atoms with Crippen molar-refractivity contribution in [2.45, 2.75) is 126 Å². The number of carbonyl (C=O) groups is 3. The molecule has 0 saturated heterocycles. The normalized spacial score (nSPS) is 15.5. The minimum absolute atomic E-state index is 0.0856. The number of halogens is 1. The lowest BCUT2D eigenvalue weighted by molar-refractivity contribution is -0.127. The molecule has 3 rings (SSSR count). The maximum Gasteiger partial charge on any atom is 0.225 e. The van der Waals surface area contributed by atoms with Gasteiger partial charge in [-0.15, -0.1) is 0 Å². The number of amides is 2. The van der Waals surface area contributed by atoms with Gasteiger partial charge in [0.25, 0.3) is 0 Å². The van der Waals surface area contributed by atoms with Crippen molar-refractivity contribution in [2.75, 3.05) is 19.6 Å². The van der Waals surface area contributed by atoms with E-state index in [4.69, 9.17) is 9.84 Å². The molecule has 0 saturated carbocycles. The summed E-state index contributed by atoms with van der Waals surface area (Å²) < 4.78 is 18.4. The molecule has 5 atom stereocenters. The van der Waals surface area contributed by atoms with Crippen LogP contribution in [-0.4, -0.2) is 61.1 Å². The van der Waals surface area contributed by atoms with E-state index in [1.54, 1.807) is 32.9 Å². The van der Waals surface area contributed by atoms with Gasteiger partial charge >= 0.3 is 0 Å². The second kappa shape index (κ2) is 26.6. The van der Waals surface area contributed by atoms with Crippen molar-refractivity contribution >= 4 is 18.1 Å². The van der Waals surface area contributed by atoms with Crippen LogP contribution >= 0.6 is 0 Å². The number of ketones is 1. The third kappa shape index (κ3) is 20.1. The van der Waals surface area contributed by atoms with Crippen LogP contribution in [0.25, 0.3) is 0 Å². The molecule has 1 aliphatic rings. The second-order valence-corrected chi connectivity index (χ2v) is 13.3. The maximum absolute atomic E-state index is 12.1. The average Bonchev–Trinajstić information content (AvgIpc) is 3.08. The van der Waals surface area contributed by atoms with Crippen LogP contribution < -0.4 is 20.7 Å². The molecule has 0 aliphatic carbocycles. The Morgan fingerprint density at radius 3 is 2.14 bits per heavy atom. The van der Waals surface area contributed by atoms with E-state index in [0.29, 0.717) is 25.6 Å². The van der Waals surface area contributed by atoms with Crippen molar-refractivity contribution in [3.05, 3.63) is 65.0 Å². The quantitative estimate of drug-likeness (QED) is 0.119. The van der Waals surface area contributed by atoms with Gasteiger partial charge in [-0.2, -0.15) is 0 Å². The Bertz CT molecular complexity index is 1170. The molecule has 0 spiro atoms. The number of hydrogen-bond donors (Lipinski definition) is 4. The molecule has 2 aromatic rings. The fraction of sp³-hybridized carbons (Fsp3) is 0.625. The second-order valence-electron chi connectivity index (χ2n) is 13.3. The Morgan fingerprint density at radius 2 is 1.65 bits per heavy atom. The van der Waals surface area contributed by atoms with Gasteiger partial charge in [0, 0.05) is 19.6 Å². The SMILES string of the molecule is CCC(C)C.CCC(C)C(NCC1CCc2cccc(CCCNC=O)c2O1)C(C)=O.CCNC(=O)C(C)C(C)O.Cc1ccc(F)cc1. The van der Waals surface area contributed by atoms with Gasteiger partial charge in [-0.3, -0.25) is 14.4 Å². The van der Waals surface area contributed by atoms with E-state index in [9.17, 15) is 18.8 Å². The summed E-state index contributed by atoms with van der Waals surface area (Å²) >= 11 is 0. The number of hydrogen-bond acceptors (Lipinski definition) is 6. The van der Waals surface area contributed by atoms with E-state index >= 15 is 0 Å².